The first kappa shape index (κ1) is 26.2. The van der Waals surface area contributed by atoms with Crippen LogP contribution in [-0.4, -0.2) is 52.1 Å². The molecule has 0 bridgehead atoms. The van der Waals surface area contributed by atoms with Crippen LogP contribution in [0.4, 0.5) is 16.2 Å². The standard InChI is InChI=1S/C30H31N5O4S/c1-3-24(36)34-15-7-8-19(17-34)32-28(37)27-26-25-23(13-14-31-29(25)40-27)35(30(38)33-26)22-12-11-21(16-18(22)2)39-20-9-5-4-6-10-20/h4-6,9-14,16,19,26-27H,3,7-8,15,17H2,1-2H3,(H,32,37)(H,33,38). The minimum Gasteiger partial charge on any atom is -0.457 e. The Balaban J connectivity index is 1.22. The number of likely N-dealkylation sites (tertiary alicyclic amines) is 1. The zero-order valence-corrected chi connectivity index (χ0v) is 23.2. The number of anilines is 2. The highest BCUT2D eigenvalue weighted by Crippen LogP contribution is 2.51. The summed E-state index contributed by atoms with van der Waals surface area (Å²) in [7, 11) is 0. The van der Waals surface area contributed by atoms with Crippen LogP contribution in [0.5, 0.6) is 11.5 Å². The SMILES string of the molecule is CCC(=O)N1CCCC(NC(=O)C2Sc3nccc4c3C2NC(=O)N4c2ccc(Oc3ccccc3)cc2C)C1. The fraction of sp³-hybridized carbons (Fsp3) is 0.333. The van der Waals surface area contributed by atoms with Crippen LogP contribution in [0.25, 0.3) is 0 Å². The van der Waals surface area contributed by atoms with Crippen molar-refractivity contribution in [2.75, 3.05) is 18.0 Å². The molecule has 2 N–H and O–H groups in total. The number of carbonyl (C=O) groups excluding carboxylic acids is 3. The molecule has 1 fully saturated rings. The Morgan fingerprint density at radius 1 is 1.12 bits per heavy atom. The Morgan fingerprint density at radius 2 is 1.95 bits per heavy atom. The molecule has 0 radical (unpaired) electrons. The van der Waals surface area contributed by atoms with Crippen molar-refractivity contribution in [3.8, 4) is 11.5 Å². The molecule has 0 spiro atoms. The van der Waals surface area contributed by atoms with Gasteiger partial charge in [-0.05, 0) is 61.7 Å². The molecule has 10 heteroatoms. The summed E-state index contributed by atoms with van der Waals surface area (Å²) in [6, 6.07) is 16.1. The van der Waals surface area contributed by atoms with Crippen molar-refractivity contribution < 1.29 is 19.1 Å². The Hall–Kier alpha value is -4.05. The number of para-hydroxylation sites is 1. The zero-order chi connectivity index (χ0) is 27.8. The van der Waals surface area contributed by atoms with Crippen molar-refractivity contribution in [1.82, 2.24) is 20.5 Å². The number of thioether (sulfide) groups is 1. The van der Waals surface area contributed by atoms with E-state index in [1.54, 1.807) is 11.1 Å². The molecule has 3 aliphatic rings. The monoisotopic (exact) mass is 557 g/mol. The van der Waals surface area contributed by atoms with Crippen molar-refractivity contribution >= 4 is 41.0 Å². The summed E-state index contributed by atoms with van der Waals surface area (Å²) in [5, 5.41) is 6.41. The summed E-state index contributed by atoms with van der Waals surface area (Å²) in [6.45, 7) is 5.03. The fourth-order valence-electron chi connectivity index (χ4n) is 5.66. The third kappa shape index (κ3) is 4.88. The number of rotatable bonds is 6. The van der Waals surface area contributed by atoms with Gasteiger partial charge in [-0.2, -0.15) is 0 Å². The number of urea groups is 1. The van der Waals surface area contributed by atoms with Gasteiger partial charge >= 0.3 is 6.03 Å². The Bertz CT molecular complexity index is 1470. The molecule has 3 atom stereocenters. The van der Waals surface area contributed by atoms with Crippen LogP contribution in [0.2, 0.25) is 0 Å². The lowest BCUT2D eigenvalue weighted by molar-refractivity contribution is -0.133. The molecule has 4 amide bonds. The summed E-state index contributed by atoms with van der Waals surface area (Å²) in [4.78, 5) is 47.3. The first-order valence-corrected chi connectivity index (χ1v) is 14.5. The van der Waals surface area contributed by atoms with Crippen molar-refractivity contribution in [1.29, 1.82) is 0 Å². The van der Waals surface area contributed by atoms with E-state index in [1.165, 1.54) is 11.8 Å². The largest absolute Gasteiger partial charge is 0.457 e. The van der Waals surface area contributed by atoms with Gasteiger partial charge in [-0.25, -0.2) is 9.78 Å². The molecular formula is C30H31N5O4S. The van der Waals surface area contributed by atoms with Crippen LogP contribution in [-0.2, 0) is 9.59 Å². The van der Waals surface area contributed by atoms with E-state index in [-0.39, 0.29) is 23.9 Å². The number of aromatic nitrogens is 1. The number of pyridine rings is 1. The summed E-state index contributed by atoms with van der Waals surface area (Å²) >= 11 is 1.37. The quantitative estimate of drug-likeness (QED) is 0.438. The van der Waals surface area contributed by atoms with E-state index in [4.69, 9.17) is 4.74 Å². The van der Waals surface area contributed by atoms with E-state index in [9.17, 15) is 14.4 Å². The maximum absolute atomic E-state index is 13.6. The molecule has 4 heterocycles. The molecule has 1 saturated heterocycles. The number of amides is 4. The Morgan fingerprint density at radius 3 is 2.73 bits per heavy atom. The predicted molar refractivity (Wildman–Crippen MR) is 153 cm³/mol. The molecule has 3 aromatic rings. The van der Waals surface area contributed by atoms with E-state index in [0.717, 1.165) is 52.7 Å². The number of ether oxygens (including phenoxy) is 1. The van der Waals surface area contributed by atoms with Crippen LogP contribution in [0.1, 0.15) is 43.4 Å². The molecule has 6 rings (SSSR count). The summed E-state index contributed by atoms with van der Waals surface area (Å²) in [6.07, 6.45) is 3.81. The van der Waals surface area contributed by atoms with Gasteiger partial charge in [-0.3, -0.25) is 14.5 Å². The molecule has 3 unspecified atom stereocenters. The van der Waals surface area contributed by atoms with Crippen molar-refractivity contribution in [2.24, 2.45) is 0 Å². The average molecular weight is 558 g/mol. The van der Waals surface area contributed by atoms with Crippen LogP contribution in [0.15, 0.2) is 65.8 Å². The van der Waals surface area contributed by atoms with Crippen LogP contribution < -0.4 is 20.3 Å². The second kappa shape index (κ2) is 10.8. The highest BCUT2D eigenvalue weighted by Gasteiger charge is 2.47. The topological polar surface area (TPSA) is 104 Å². The lowest BCUT2D eigenvalue weighted by atomic mass is 9.98. The molecular weight excluding hydrogens is 526 g/mol. The van der Waals surface area contributed by atoms with E-state index < -0.39 is 11.3 Å². The van der Waals surface area contributed by atoms with Gasteiger partial charge in [0.1, 0.15) is 21.8 Å². The van der Waals surface area contributed by atoms with Gasteiger partial charge in [0.15, 0.2) is 0 Å². The van der Waals surface area contributed by atoms with Gasteiger partial charge in [0.25, 0.3) is 0 Å². The fourth-order valence-corrected chi connectivity index (χ4v) is 6.90. The number of aryl methyl sites for hydroxylation is 1. The normalized spacial score (nSPS) is 21.4. The first-order valence-electron chi connectivity index (χ1n) is 13.6. The average Bonchev–Trinajstić information content (AvgIpc) is 3.33. The molecule has 0 aliphatic carbocycles. The van der Waals surface area contributed by atoms with Crippen molar-refractivity contribution in [3.05, 3.63) is 71.9 Å². The van der Waals surface area contributed by atoms with Gasteiger partial charge in [0, 0.05) is 37.3 Å². The Kier molecular flexibility index (Phi) is 7.10. The molecule has 206 valence electrons. The van der Waals surface area contributed by atoms with Crippen molar-refractivity contribution in [3.63, 3.8) is 0 Å². The van der Waals surface area contributed by atoms with Crippen LogP contribution in [0, 0.1) is 6.92 Å². The lowest BCUT2D eigenvalue weighted by Gasteiger charge is -2.36. The maximum Gasteiger partial charge on any atom is 0.327 e. The maximum atomic E-state index is 13.6. The van der Waals surface area contributed by atoms with Crippen LogP contribution in [0.3, 0.4) is 0 Å². The number of nitrogens with zero attached hydrogens (tertiary/aromatic N) is 3. The summed E-state index contributed by atoms with van der Waals surface area (Å²) < 4.78 is 5.97. The van der Waals surface area contributed by atoms with Gasteiger partial charge in [0.05, 0.1) is 17.4 Å². The molecule has 3 aliphatic heterocycles. The smallest absolute Gasteiger partial charge is 0.327 e. The summed E-state index contributed by atoms with van der Waals surface area (Å²) in [5.74, 6) is 1.36. The number of piperidine rings is 1. The zero-order valence-electron chi connectivity index (χ0n) is 22.4. The third-order valence-electron chi connectivity index (χ3n) is 7.58. The Labute approximate surface area is 237 Å². The van der Waals surface area contributed by atoms with Gasteiger partial charge in [0.2, 0.25) is 11.8 Å². The van der Waals surface area contributed by atoms with E-state index >= 15 is 0 Å². The predicted octanol–water partition coefficient (Wildman–Crippen LogP) is 5.08. The third-order valence-corrected chi connectivity index (χ3v) is 8.86. The lowest BCUT2D eigenvalue weighted by Crippen LogP contribution is -2.53. The van der Waals surface area contributed by atoms with E-state index in [1.807, 2.05) is 73.3 Å². The molecule has 2 aromatic carbocycles. The van der Waals surface area contributed by atoms with Crippen molar-refractivity contribution in [2.45, 2.75) is 55.5 Å². The first-order chi connectivity index (χ1) is 19.4. The van der Waals surface area contributed by atoms with Gasteiger partial charge in [-0.15, -0.1) is 0 Å². The van der Waals surface area contributed by atoms with Gasteiger partial charge < -0.3 is 20.3 Å². The van der Waals surface area contributed by atoms with Gasteiger partial charge in [-0.1, -0.05) is 36.9 Å². The number of carbonyl (C=O) groups is 3. The number of nitrogens with one attached hydrogen (secondary N) is 2. The minimum absolute atomic E-state index is 0.102. The number of benzene rings is 2. The second-order valence-corrected chi connectivity index (χ2v) is 11.4. The van der Waals surface area contributed by atoms with E-state index in [2.05, 4.69) is 15.6 Å². The minimum atomic E-state index is -0.547. The highest BCUT2D eigenvalue weighted by atomic mass is 32.2. The number of hydrogen-bond donors (Lipinski definition) is 2. The number of hydrogen-bond acceptors (Lipinski definition) is 6. The highest BCUT2D eigenvalue weighted by molar-refractivity contribution is 8.01. The van der Waals surface area contributed by atoms with Crippen LogP contribution >= 0.6 is 11.8 Å². The summed E-state index contributed by atoms with van der Waals surface area (Å²) in [5.41, 5.74) is 3.17. The second-order valence-electron chi connectivity index (χ2n) is 10.3. The molecule has 9 nitrogen and oxygen atoms in total. The molecule has 0 saturated carbocycles. The molecule has 40 heavy (non-hydrogen) atoms. The molecule has 1 aromatic heterocycles. The van der Waals surface area contributed by atoms with E-state index in [0.29, 0.717) is 18.7 Å².